The van der Waals surface area contributed by atoms with E-state index < -0.39 is 17.9 Å². The summed E-state index contributed by atoms with van der Waals surface area (Å²) < 4.78 is 19.1. The molecule has 6 nitrogen and oxygen atoms in total. The fourth-order valence-corrected chi connectivity index (χ4v) is 3.72. The molecule has 0 spiro atoms. The molecule has 0 aromatic heterocycles. The molecule has 2 atom stereocenters. The number of carbonyl (C=O) groups is 2. The molecule has 2 N–H and O–H groups in total. The van der Waals surface area contributed by atoms with Crippen LogP contribution in [0.25, 0.3) is 0 Å². The lowest BCUT2D eigenvalue weighted by atomic mass is 9.99. The number of carboxylic acids is 1. The van der Waals surface area contributed by atoms with Crippen LogP contribution < -0.4 is 4.74 Å². The molecule has 1 aliphatic rings. The van der Waals surface area contributed by atoms with Crippen LogP contribution in [0.2, 0.25) is 0 Å². The van der Waals surface area contributed by atoms with Gasteiger partial charge in [-0.2, -0.15) is 0 Å². The minimum atomic E-state index is -0.845. The molecule has 1 aliphatic heterocycles. The van der Waals surface area contributed by atoms with Crippen LogP contribution in [0.4, 0.5) is 4.39 Å². The Kier molecular flexibility index (Phi) is 9.80. The van der Waals surface area contributed by atoms with Crippen molar-refractivity contribution in [3.63, 3.8) is 0 Å². The van der Waals surface area contributed by atoms with Crippen molar-refractivity contribution in [1.82, 2.24) is 4.90 Å². The molecular weight excluding hydrogens is 389 g/mol. The Labute approximate surface area is 177 Å². The van der Waals surface area contributed by atoms with E-state index in [4.69, 9.17) is 9.84 Å². The number of aliphatic hydroxyl groups is 1. The maximum absolute atomic E-state index is 14.1. The quantitative estimate of drug-likeness (QED) is 0.397. The van der Waals surface area contributed by atoms with Gasteiger partial charge in [0.05, 0.1) is 19.3 Å². The third-order valence-electron chi connectivity index (χ3n) is 5.40. The Bertz CT molecular complexity index is 736. The summed E-state index contributed by atoms with van der Waals surface area (Å²) in [6.07, 6.45) is 8.37. The molecule has 30 heavy (non-hydrogen) atoms. The predicted octanol–water partition coefficient (Wildman–Crippen LogP) is 3.71. The van der Waals surface area contributed by atoms with Crippen LogP contribution >= 0.6 is 0 Å². The lowest BCUT2D eigenvalue weighted by Gasteiger charge is -2.34. The molecule has 1 unspecified atom stereocenters. The molecule has 0 radical (unpaired) electrons. The van der Waals surface area contributed by atoms with E-state index in [1.807, 2.05) is 11.0 Å². The van der Waals surface area contributed by atoms with Crippen molar-refractivity contribution < 1.29 is 28.9 Å². The molecule has 166 valence electrons. The monoisotopic (exact) mass is 421 g/mol. The fraction of sp³-hybridized carbons (Fsp3) is 0.565. The summed E-state index contributed by atoms with van der Waals surface area (Å²) in [6, 6.07) is 4.49. The average molecular weight is 422 g/mol. The number of aliphatic carboxylic acids is 1. The van der Waals surface area contributed by atoms with Gasteiger partial charge in [-0.25, -0.2) is 4.39 Å². The molecule has 0 aliphatic carbocycles. The zero-order valence-corrected chi connectivity index (χ0v) is 17.6. The number of halogens is 1. The SMILES string of the molecule is COc1ccc(CC(O)/C=C/[C@H]2CCCC(=O)N2CCCCCCC(=O)O)c(F)c1. The van der Waals surface area contributed by atoms with Crippen molar-refractivity contribution >= 4 is 11.9 Å². The first-order valence-electron chi connectivity index (χ1n) is 10.6. The Morgan fingerprint density at radius 2 is 2.10 bits per heavy atom. The summed E-state index contributed by atoms with van der Waals surface area (Å²) in [5.74, 6) is -0.656. The molecule has 0 bridgehead atoms. The molecule has 1 fully saturated rings. The molecule has 1 heterocycles. The van der Waals surface area contributed by atoms with E-state index in [0.29, 0.717) is 30.7 Å². The van der Waals surface area contributed by atoms with E-state index in [-0.39, 0.29) is 24.8 Å². The van der Waals surface area contributed by atoms with E-state index >= 15 is 0 Å². The molecule has 1 aromatic carbocycles. The van der Waals surface area contributed by atoms with Crippen molar-refractivity contribution in [2.75, 3.05) is 13.7 Å². The van der Waals surface area contributed by atoms with Gasteiger partial charge < -0.3 is 19.8 Å². The zero-order valence-electron chi connectivity index (χ0n) is 17.6. The zero-order chi connectivity index (χ0) is 21.9. The number of rotatable bonds is 12. The summed E-state index contributed by atoms with van der Waals surface area (Å²) in [4.78, 5) is 24.7. The maximum atomic E-state index is 14.1. The van der Waals surface area contributed by atoms with E-state index in [1.165, 1.54) is 13.2 Å². The van der Waals surface area contributed by atoms with Gasteiger partial charge in [0, 0.05) is 31.9 Å². The van der Waals surface area contributed by atoms with Gasteiger partial charge in [0.15, 0.2) is 0 Å². The van der Waals surface area contributed by atoms with Crippen molar-refractivity contribution in [1.29, 1.82) is 0 Å². The number of amides is 1. The minimum absolute atomic E-state index is 0.0689. The first-order chi connectivity index (χ1) is 14.4. The van der Waals surface area contributed by atoms with Crippen molar-refractivity contribution in [3.05, 3.63) is 41.7 Å². The number of carbonyl (C=O) groups excluding carboxylic acids is 1. The second-order valence-corrected chi connectivity index (χ2v) is 7.72. The second-order valence-electron chi connectivity index (χ2n) is 7.72. The molecule has 1 saturated heterocycles. The first-order valence-corrected chi connectivity index (χ1v) is 10.6. The summed E-state index contributed by atoms with van der Waals surface area (Å²) >= 11 is 0. The Hall–Kier alpha value is -2.41. The standard InChI is InChI=1S/C23H32FNO5/c1-30-20-13-10-17(21(24)16-20)15-19(26)12-11-18-7-6-8-22(27)25(18)14-5-3-2-4-9-23(28)29/h10-13,16,18-19,26H,2-9,14-15H2,1H3,(H,28,29)/b12-11+/t18-,19?/m1/s1. The smallest absolute Gasteiger partial charge is 0.303 e. The number of methoxy groups -OCH3 is 1. The summed E-state index contributed by atoms with van der Waals surface area (Å²) in [5.41, 5.74) is 0.408. The van der Waals surface area contributed by atoms with Crippen LogP contribution in [0, 0.1) is 5.82 Å². The van der Waals surface area contributed by atoms with Crippen LogP contribution in [0.3, 0.4) is 0 Å². The lowest BCUT2D eigenvalue weighted by Crippen LogP contribution is -2.43. The number of hydrogen-bond acceptors (Lipinski definition) is 4. The van der Waals surface area contributed by atoms with Gasteiger partial charge in [-0.1, -0.05) is 31.1 Å². The average Bonchev–Trinajstić information content (AvgIpc) is 2.71. The number of nitrogens with zero attached hydrogens (tertiary/aromatic N) is 1. The van der Waals surface area contributed by atoms with Crippen LogP contribution in [0.1, 0.15) is 56.9 Å². The number of unbranched alkanes of at least 4 members (excludes halogenated alkanes) is 3. The van der Waals surface area contributed by atoms with Crippen molar-refractivity contribution in [2.45, 2.75) is 69.9 Å². The van der Waals surface area contributed by atoms with E-state index in [0.717, 1.165) is 32.1 Å². The van der Waals surface area contributed by atoms with Crippen LogP contribution in [-0.4, -0.2) is 52.8 Å². The third kappa shape index (κ3) is 7.78. The van der Waals surface area contributed by atoms with Gasteiger partial charge in [-0.15, -0.1) is 0 Å². The van der Waals surface area contributed by atoms with Crippen molar-refractivity contribution in [3.8, 4) is 5.75 Å². The topological polar surface area (TPSA) is 87.1 Å². The summed E-state index contributed by atoms with van der Waals surface area (Å²) in [5, 5.41) is 19.0. The number of piperidine rings is 1. The van der Waals surface area contributed by atoms with Gasteiger partial charge >= 0.3 is 5.97 Å². The van der Waals surface area contributed by atoms with Gasteiger partial charge in [0.2, 0.25) is 5.91 Å². The highest BCUT2D eigenvalue weighted by molar-refractivity contribution is 5.77. The molecule has 7 heteroatoms. The van der Waals surface area contributed by atoms with E-state index in [2.05, 4.69) is 0 Å². The van der Waals surface area contributed by atoms with Crippen LogP contribution in [0.15, 0.2) is 30.4 Å². The van der Waals surface area contributed by atoms with E-state index in [1.54, 1.807) is 18.2 Å². The minimum Gasteiger partial charge on any atom is -0.497 e. The molecular formula is C23H32FNO5. The molecule has 1 amide bonds. The maximum Gasteiger partial charge on any atom is 0.303 e. The van der Waals surface area contributed by atoms with Gasteiger partial charge in [0.1, 0.15) is 11.6 Å². The lowest BCUT2D eigenvalue weighted by molar-refractivity contribution is -0.137. The summed E-state index contributed by atoms with van der Waals surface area (Å²) in [6.45, 7) is 0.629. The Morgan fingerprint density at radius 1 is 1.33 bits per heavy atom. The highest BCUT2D eigenvalue weighted by Gasteiger charge is 2.25. The van der Waals surface area contributed by atoms with E-state index in [9.17, 15) is 19.1 Å². The first kappa shape index (κ1) is 23.9. The molecule has 0 saturated carbocycles. The number of carboxylic acid groups (broad SMARTS) is 1. The van der Waals surface area contributed by atoms with Gasteiger partial charge in [0.25, 0.3) is 0 Å². The number of benzene rings is 1. The Morgan fingerprint density at radius 3 is 2.80 bits per heavy atom. The second kappa shape index (κ2) is 12.3. The predicted molar refractivity (Wildman–Crippen MR) is 112 cm³/mol. The number of likely N-dealkylation sites (tertiary alicyclic amines) is 1. The van der Waals surface area contributed by atoms with Crippen molar-refractivity contribution in [2.24, 2.45) is 0 Å². The van der Waals surface area contributed by atoms with Crippen LogP contribution in [-0.2, 0) is 16.0 Å². The fourth-order valence-electron chi connectivity index (χ4n) is 3.72. The number of aliphatic hydroxyl groups excluding tert-OH is 1. The van der Waals surface area contributed by atoms with Gasteiger partial charge in [-0.05, 0) is 37.3 Å². The summed E-state index contributed by atoms with van der Waals surface area (Å²) in [7, 11) is 1.47. The highest BCUT2D eigenvalue weighted by atomic mass is 19.1. The largest absolute Gasteiger partial charge is 0.497 e. The Balaban J connectivity index is 1.86. The number of ether oxygens (including phenoxy) is 1. The van der Waals surface area contributed by atoms with Gasteiger partial charge in [-0.3, -0.25) is 9.59 Å². The molecule has 1 aromatic rings. The van der Waals surface area contributed by atoms with Crippen LogP contribution in [0.5, 0.6) is 5.75 Å². The highest BCUT2D eigenvalue weighted by Crippen LogP contribution is 2.22. The number of hydrogen-bond donors (Lipinski definition) is 2. The normalized spacial score (nSPS) is 18.0. The molecule has 2 rings (SSSR count). The third-order valence-corrected chi connectivity index (χ3v) is 5.40.